The summed E-state index contributed by atoms with van der Waals surface area (Å²) < 4.78 is 12.9. The van der Waals surface area contributed by atoms with Gasteiger partial charge in [-0.25, -0.2) is 0 Å². The Labute approximate surface area is 235 Å². The third kappa shape index (κ3) is 5.73. The number of aryl methyl sites for hydroxylation is 1. The first kappa shape index (κ1) is 27.1. The van der Waals surface area contributed by atoms with Crippen LogP contribution in [-0.4, -0.2) is 66.6 Å². The van der Waals surface area contributed by atoms with E-state index in [-0.39, 0.29) is 11.8 Å². The molecule has 0 saturated carbocycles. The van der Waals surface area contributed by atoms with Gasteiger partial charge in [-0.2, -0.15) is 0 Å². The van der Waals surface area contributed by atoms with Gasteiger partial charge in [-0.15, -0.1) is 0 Å². The fraction of sp³-hybridized carbons (Fsp3) is 0.273. The van der Waals surface area contributed by atoms with Crippen LogP contribution in [0.3, 0.4) is 0 Å². The third-order valence-electron chi connectivity index (χ3n) is 7.56. The van der Waals surface area contributed by atoms with Gasteiger partial charge in [-0.05, 0) is 66.9 Å². The minimum absolute atomic E-state index is 0.0229. The van der Waals surface area contributed by atoms with E-state index in [0.717, 1.165) is 46.1 Å². The third-order valence-corrected chi connectivity index (χ3v) is 7.56. The van der Waals surface area contributed by atoms with Crippen LogP contribution in [0.1, 0.15) is 28.0 Å². The summed E-state index contributed by atoms with van der Waals surface area (Å²) in [5.41, 5.74) is 5.46. The van der Waals surface area contributed by atoms with E-state index in [1.54, 1.807) is 14.2 Å². The van der Waals surface area contributed by atoms with Crippen molar-refractivity contribution < 1.29 is 19.1 Å². The minimum Gasteiger partial charge on any atom is -0.497 e. The lowest BCUT2D eigenvalue weighted by molar-refractivity contribution is -0.132. The van der Waals surface area contributed by atoms with E-state index in [0.29, 0.717) is 38.2 Å². The Morgan fingerprint density at radius 3 is 2.10 bits per heavy atom. The van der Waals surface area contributed by atoms with E-state index < -0.39 is 0 Å². The van der Waals surface area contributed by atoms with Crippen molar-refractivity contribution in [2.45, 2.75) is 19.8 Å². The maximum Gasteiger partial charge on any atom is 0.255 e. The van der Waals surface area contributed by atoms with Crippen molar-refractivity contribution in [2.75, 3.05) is 40.4 Å². The van der Waals surface area contributed by atoms with Crippen LogP contribution in [0.2, 0.25) is 0 Å². The normalized spacial score (nSPS) is 13.3. The van der Waals surface area contributed by atoms with E-state index in [1.807, 2.05) is 102 Å². The molecular formula is C33H35N3O4. The average molecular weight is 538 g/mol. The lowest BCUT2D eigenvalue weighted by Gasteiger charge is -2.35. The average Bonchev–Trinajstić information content (AvgIpc) is 3.36. The van der Waals surface area contributed by atoms with E-state index in [2.05, 4.69) is 4.57 Å². The maximum absolute atomic E-state index is 13.8. The van der Waals surface area contributed by atoms with Crippen molar-refractivity contribution in [1.29, 1.82) is 0 Å². The second-order valence-corrected chi connectivity index (χ2v) is 9.95. The summed E-state index contributed by atoms with van der Waals surface area (Å²) in [5, 5.41) is 0. The summed E-state index contributed by atoms with van der Waals surface area (Å²) in [5.74, 6) is 1.63. The Bertz CT molecular complexity index is 1470. The van der Waals surface area contributed by atoms with Crippen LogP contribution in [0.4, 0.5) is 0 Å². The van der Waals surface area contributed by atoms with Crippen LogP contribution >= 0.6 is 0 Å². The van der Waals surface area contributed by atoms with Crippen molar-refractivity contribution >= 4 is 11.8 Å². The molecule has 0 radical (unpaired) electrons. The number of carbonyl (C=O) groups is 2. The van der Waals surface area contributed by atoms with E-state index in [1.165, 1.54) is 0 Å². The van der Waals surface area contributed by atoms with Crippen LogP contribution in [-0.2, 0) is 11.2 Å². The molecule has 7 nitrogen and oxygen atoms in total. The highest BCUT2D eigenvalue weighted by atomic mass is 16.5. The van der Waals surface area contributed by atoms with Crippen LogP contribution < -0.4 is 9.47 Å². The van der Waals surface area contributed by atoms with Gasteiger partial charge in [0.25, 0.3) is 5.91 Å². The van der Waals surface area contributed by atoms with Gasteiger partial charge in [-0.3, -0.25) is 9.59 Å². The first-order valence-corrected chi connectivity index (χ1v) is 13.6. The molecule has 2 heterocycles. The molecule has 1 aliphatic rings. The number of aromatic nitrogens is 1. The summed E-state index contributed by atoms with van der Waals surface area (Å²) in [4.78, 5) is 30.4. The van der Waals surface area contributed by atoms with Gasteiger partial charge in [0.1, 0.15) is 11.5 Å². The van der Waals surface area contributed by atoms with E-state index in [9.17, 15) is 9.59 Å². The lowest BCUT2D eigenvalue weighted by atomic mass is 10.1. The molecule has 2 amide bonds. The fourth-order valence-electron chi connectivity index (χ4n) is 5.26. The monoisotopic (exact) mass is 537 g/mol. The molecular weight excluding hydrogens is 502 g/mol. The molecule has 1 aromatic heterocycles. The molecule has 0 atom stereocenters. The Morgan fingerprint density at radius 2 is 1.43 bits per heavy atom. The second kappa shape index (κ2) is 12.1. The van der Waals surface area contributed by atoms with Gasteiger partial charge in [0.05, 0.1) is 25.5 Å². The molecule has 1 saturated heterocycles. The number of amides is 2. The number of carbonyl (C=O) groups excluding carboxylic acids is 2. The molecule has 1 aliphatic heterocycles. The summed E-state index contributed by atoms with van der Waals surface area (Å²) >= 11 is 0. The number of nitrogens with zero attached hydrogens (tertiary/aromatic N) is 3. The Kier molecular flexibility index (Phi) is 8.20. The van der Waals surface area contributed by atoms with Crippen molar-refractivity contribution in [3.8, 4) is 28.4 Å². The lowest BCUT2D eigenvalue weighted by Crippen LogP contribution is -2.50. The van der Waals surface area contributed by atoms with Gasteiger partial charge >= 0.3 is 0 Å². The quantitative estimate of drug-likeness (QED) is 0.303. The van der Waals surface area contributed by atoms with Crippen molar-refractivity contribution in [3.63, 3.8) is 0 Å². The summed E-state index contributed by atoms with van der Waals surface area (Å²) in [6, 6.07) is 27.7. The van der Waals surface area contributed by atoms with Crippen LogP contribution in [0.15, 0.2) is 84.9 Å². The highest BCUT2D eigenvalue weighted by Gasteiger charge is 2.28. The largest absolute Gasteiger partial charge is 0.497 e. The number of hydrogen-bond acceptors (Lipinski definition) is 4. The molecule has 0 N–H and O–H groups in total. The molecule has 4 aromatic rings. The molecule has 5 rings (SSSR count). The van der Waals surface area contributed by atoms with Crippen LogP contribution in [0, 0.1) is 6.92 Å². The number of ether oxygens (including phenoxy) is 2. The van der Waals surface area contributed by atoms with Crippen molar-refractivity contribution in [3.05, 3.63) is 102 Å². The molecule has 206 valence electrons. The van der Waals surface area contributed by atoms with E-state index >= 15 is 0 Å². The van der Waals surface area contributed by atoms with Crippen molar-refractivity contribution in [1.82, 2.24) is 14.4 Å². The molecule has 0 unspecified atom stereocenters. The predicted molar refractivity (Wildman–Crippen MR) is 156 cm³/mol. The summed E-state index contributed by atoms with van der Waals surface area (Å²) in [6.07, 6.45) is 1.20. The molecule has 40 heavy (non-hydrogen) atoms. The van der Waals surface area contributed by atoms with Gasteiger partial charge in [0, 0.05) is 50.0 Å². The second-order valence-electron chi connectivity index (χ2n) is 9.95. The smallest absolute Gasteiger partial charge is 0.255 e. The first-order chi connectivity index (χ1) is 19.5. The Morgan fingerprint density at radius 1 is 0.750 bits per heavy atom. The van der Waals surface area contributed by atoms with Gasteiger partial charge < -0.3 is 23.8 Å². The first-order valence-electron chi connectivity index (χ1n) is 13.6. The van der Waals surface area contributed by atoms with Crippen molar-refractivity contribution in [2.24, 2.45) is 0 Å². The van der Waals surface area contributed by atoms with Crippen LogP contribution in [0.5, 0.6) is 11.5 Å². The number of methoxy groups -OCH3 is 2. The molecule has 0 bridgehead atoms. The topological polar surface area (TPSA) is 64.0 Å². The highest BCUT2D eigenvalue weighted by molar-refractivity contribution is 5.97. The number of benzene rings is 3. The molecule has 3 aromatic carbocycles. The summed E-state index contributed by atoms with van der Waals surface area (Å²) in [7, 11) is 3.29. The van der Waals surface area contributed by atoms with Crippen LogP contribution in [0.25, 0.3) is 16.9 Å². The molecule has 0 aliphatic carbocycles. The number of rotatable bonds is 8. The molecule has 0 spiro atoms. The minimum atomic E-state index is -0.0229. The standard InChI is InChI=1S/C33H35N3O4/c1-24-30(33(38)35-20-18-34(19-21-35)32(37)17-12-25-8-5-4-6-9-25)23-31(26-13-15-28(39-2)16-14-26)36(24)27-10-7-11-29(22-27)40-3/h4-11,13-16,22-23H,12,17-21H2,1-3H3. The number of piperazine rings is 1. The fourth-order valence-corrected chi connectivity index (χ4v) is 5.26. The highest BCUT2D eigenvalue weighted by Crippen LogP contribution is 2.32. The predicted octanol–water partition coefficient (Wildman–Crippen LogP) is 5.39. The SMILES string of the molecule is COc1ccc(-c2cc(C(=O)N3CCN(C(=O)CCc4ccccc4)CC3)c(C)n2-c2cccc(OC)c2)cc1. The zero-order valence-corrected chi connectivity index (χ0v) is 23.3. The maximum atomic E-state index is 13.8. The zero-order valence-electron chi connectivity index (χ0n) is 23.3. The Balaban J connectivity index is 1.36. The Hall–Kier alpha value is -4.52. The van der Waals surface area contributed by atoms with Gasteiger partial charge in [-0.1, -0.05) is 36.4 Å². The number of hydrogen-bond donors (Lipinski definition) is 0. The molecule has 1 fully saturated rings. The van der Waals surface area contributed by atoms with Gasteiger partial charge in [0.2, 0.25) is 5.91 Å². The zero-order chi connectivity index (χ0) is 28.1. The van der Waals surface area contributed by atoms with Gasteiger partial charge in [0.15, 0.2) is 0 Å². The molecule has 7 heteroatoms. The van der Waals surface area contributed by atoms with E-state index in [4.69, 9.17) is 9.47 Å². The summed E-state index contributed by atoms with van der Waals surface area (Å²) in [6.45, 7) is 4.08.